The summed E-state index contributed by atoms with van der Waals surface area (Å²) in [5, 5.41) is 5.94. The second-order valence-electron chi connectivity index (χ2n) is 10.2. The summed E-state index contributed by atoms with van der Waals surface area (Å²) in [4.78, 5) is 20.5. The maximum Gasteiger partial charge on any atom is 0.271 e. The van der Waals surface area contributed by atoms with E-state index < -0.39 is 0 Å². The van der Waals surface area contributed by atoms with Crippen molar-refractivity contribution in [3.05, 3.63) is 147 Å². The third kappa shape index (κ3) is 6.65. The van der Waals surface area contributed by atoms with Gasteiger partial charge in [0.1, 0.15) is 10.7 Å². The van der Waals surface area contributed by atoms with Gasteiger partial charge in [0.2, 0.25) is 6.79 Å². The van der Waals surface area contributed by atoms with Crippen molar-refractivity contribution < 1.29 is 14.3 Å². The number of fused-ring (bicyclic) bond motifs is 1. The SMILES string of the molecule is Cc1ccc(CN(Cc2ccc3c(c2)OCO3)Cc2nc(C(=O)NC(c3ccccc3)c3ccccc3)cs2)cc1. The third-order valence-corrected chi connectivity index (χ3v) is 7.89. The highest BCUT2D eigenvalue weighted by molar-refractivity contribution is 7.09. The molecule has 0 saturated carbocycles. The average Bonchev–Trinajstić information content (AvgIpc) is 3.67. The molecule has 1 amide bonds. The molecule has 0 atom stereocenters. The quantitative estimate of drug-likeness (QED) is 0.201. The molecule has 7 heteroatoms. The van der Waals surface area contributed by atoms with Gasteiger partial charge in [0.05, 0.1) is 12.6 Å². The van der Waals surface area contributed by atoms with E-state index >= 15 is 0 Å². The van der Waals surface area contributed by atoms with E-state index in [1.165, 1.54) is 22.5 Å². The molecule has 1 aromatic heterocycles. The Morgan fingerprint density at radius 3 is 2.17 bits per heavy atom. The third-order valence-electron chi connectivity index (χ3n) is 7.05. The van der Waals surface area contributed by atoms with Crippen LogP contribution in [0.3, 0.4) is 0 Å². The molecule has 206 valence electrons. The number of nitrogens with one attached hydrogen (secondary N) is 1. The lowest BCUT2D eigenvalue weighted by Gasteiger charge is -2.22. The molecule has 0 bridgehead atoms. The van der Waals surface area contributed by atoms with E-state index in [1.54, 1.807) is 0 Å². The van der Waals surface area contributed by atoms with Gasteiger partial charge in [-0.05, 0) is 41.3 Å². The zero-order valence-electron chi connectivity index (χ0n) is 22.8. The molecule has 6 nitrogen and oxygen atoms in total. The predicted octanol–water partition coefficient (Wildman–Crippen LogP) is 6.90. The molecule has 5 aromatic rings. The Balaban J connectivity index is 1.20. The highest BCUT2D eigenvalue weighted by atomic mass is 32.1. The largest absolute Gasteiger partial charge is 0.454 e. The first kappa shape index (κ1) is 26.7. The monoisotopic (exact) mass is 561 g/mol. The van der Waals surface area contributed by atoms with E-state index in [9.17, 15) is 4.79 Å². The second-order valence-corrected chi connectivity index (χ2v) is 11.1. The fourth-order valence-electron chi connectivity index (χ4n) is 4.95. The Morgan fingerprint density at radius 2 is 1.46 bits per heavy atom. The Morgan fingerprint density at radius 1 is 0.829 bits per heavy atom. The number of aryl methyl sites for hydroxylation is 1. The van der Waals surface area contributed by atoms with Crippen LogP contribution >= 0.6 is 11.3 Å². The Labute approximate surface area is 244 Å². The van der Waals surface area contributed by atoms with E-state index in [0.717, 1.165) is 39.7 Å². The number of benzene rings is 4. The summed E-state index contributed by atoms with van der Waals surface area (Å²) in [5.41, 5.74) is 6.06. The molecule has 1 N–H and O–H groups in total. The van der Waals surface area contributed by atoms with Crippen molar-refractivity contribution in [3.63, 3.8) is 0 Å². The summed E-state index contributed by atoms with van der Waals surface area (Å²) < 4.78 is 11.1. The molecular formula is C34H31N3O3S. The van der Waals surface area contributed by atoms with Gasteiger partial charge >= 0.3 is 0 Å². The molecule has 6 rings (SSSR count). The zero-order chi connectivity index (χ0) is 28.0. The van der Waals surface area contributed by atoms with Crippen LogP contribution < -0.4 is 14.8 Å². The predicted molar refractivity (Wildman–Crippen MR) is 161 cm³/mol. The molecule has 1 aliphatic rings. The summed E-state index contributed by atoms with van der Waals surface area (Å²) in [5.74, 6) is 1.36. The fraction of sp³-hybridized carbons (Fsp3) is 0.176. The first-order valence-electron chi connectivity index (χ1n) is 13.6. The van der Waals surface area contributed by atoms with Crippen molar-refractivity contribution in [2.45, 2.75) is 32.6 Å². The number of thiazole rings is 1. The number of rotatable bonds is 10. The van der Waals surface area contributed by atoms with Crippen LogP contribution in [0.25, 0.3) is 0 Å². The lowest BCUT2D eigenvalue weighted by molar-refractivity contribution is 0.0938. The summed E-state index contributed by atoms with van der Waals surface area (Å²) in [6.45, 7) is 4.42. The van der Waals surface area contributed by atoms with E-state index in [-0.39, 0.29) is 18.7 Å². The number of nitrogens with zero attached hydrogens (tertiary/aromatic N) is 2. The van der Waals surface area contributed by atoms with Gasteiger partial charge in [-0.2, -0.15) is 0 Å². The van der Waals surface area contributed by atoms with Gasteiger partial charge in [-0.15, -0.1) is 11.3 Å². The van der Waals surface area contributed by atoms with Gasteiger partial charge in [0.25, 0.3) is 5.91 Å². The van der Waals surface area contributed by atoms with Crippen molar-refractivity contribution in [2.75, 3.05) is 6.79 Å². The zero-order valence-corrected chi connectivity index (χ0v) is 23.6. The Kier molecular flexibility index (Phi) is 8.07. The maximum absolute atomic E-state index is 13.4. The van der Waals surface area contributed by atoms with Crippen molar-refractivity contribution in [3.8, 4) is 11.5 Å². The minimum atomic E-state index is -0.265. The number of carbonyl (C=O) groups excluding carboxylic acids is 1. The minimum absolute atomic E-state index is 0.189. The fourth-order valence-corrected chi connectivity index (χ4v) is 5.77. The number of ether oxygens (including phenoxy) is 2. The standard InChI is InChI=1S/C34H31N3O3S/c1-24-12-14-25(15-13-24)19-37(20-26-16-17-30-31(18-26)40-23-39-30)21-32-35-29(22-41-32)34(38)36-33(27-8-4-2-5-9-27)28-10-6-3-7-11-28/h2-18,22,33H,19-21,23H2,1H3,(H,36,38). The number of carbonyl (C=O) groups is 1. The van der Waals surface area contributed by atoms with Gasteiger partial charge in [0.15, 0.2) is 11.5 Å². The van der Waals surface area contributed by atoms with E-state index in [4.69, 9.17) is 14.5 Å². The highest BCUT2D eigenvalue weighted by Gasteiger charge is 2.21. The van der Waals surface area contributed by atoms with Crippen LogP contribution in [0.5, 0.6) is 11.5 Å². The van der Waals surface area contributed by atoms with Gasteiger partial charge in [-0.25, -0.2) is 4.98 Å². The molecule has 4 aromatic carbocycles. The van der Waals surface area contributed by atoms with Crippen LogP contribution in [-0.4, -0.2) is 22.6 Å². The second kappa shape index (κ2) is 12.4. The van der Waals surface area contributed by atoms with Crippen LogP contribution in [0.2, 0.25) is 0 Å². The smallest absolute Gasteiger partial charge is 0.271 e. The van der Waals surface area contributed by atoms with Crippen molar-refractivity contribution in [1.82, 2.24) is 15.2 Å². The van der Waals surface area contributed by atoms with Crippen LogP contribution in [0.1, 0.15) is 49.4 Å². The normalized spacial score (nSPS) is 12.2. The summed E-state index contributed by atoms with van der Waals surface area (Å²) in [6.07, 6.45) is 0. The van der Waals surface area contributed by atoms with Gasteiger partial charge in [-0.3, -0.25) is 9.69 Å². The van der Waals surface area contributed by atoms with Crippen LogP contribution in [-0.2, 0) is 19.6 Å². The van der Waals surface area contributed by atoms with Crippen molar-refractivity contribution in [2.24, 2.45) is 0 Å². The van der Waals surface area contributed by atoms with Crippen molar-refractivity contribution in [1.29, 1.82) is 0 Å². The molecule has 0 unspecified atom stereocenters. The number of hydrogen-bond acceptors (Lipinski definition) is 6. The molecule has 0 radical (unpaired) electrons. The lowest BCUT2D eigenvalue weighted by atomic mass is 9.98. The molecular weight excluding hydrogens is 530 g/mol. The summed E-state index contributed by atoms with van der Waals surface area (Å²) >= 11 is 1.51. The Hall–Kier alpha value is -4.46. The molecule has 0 aliphatic carbocycles. The highest BCUT2D eigenvalue weighted by Crippen LogP contribution is 2.33. The number of aromatic nitrogens is 1. The molecule has 0 saturated heterocycles. The van der Waals surface area contributed by atoms with Gasteiger partial charge < -0.3 is 14.8 Å². The van der Waals surface area contributed by atoms with Gasteiger partial charge in [0, 0.05) is 18.5 Å². The summed E-state index contributed by atoms with van der Waals surface area (Å²) in [6, 6.07) is 34.4. The maximum atomic E-state index is 13.4. The lowest BCUT2D eigenvalue weighted by Crippen LogP contribution is -2.29. The molecule has 0 fully saturated rings. The first-order valence-corrected chi connectivity index (χ1v) is 14.5. The number of amides is 1. The Bertz CT molecular complexity index is 1560. The van der Waals surface area contributed by atoms with Crippen molar-refractivity contribution >= 4 is 17.2 Å². The van der Waals surface area contributed by atoms with Crippen LogP contribution in [0, 0.1) is 6.92 Å². The summed E-state index contributed by atoms with van der Waals surface area (Å²) in [7, 11) is 0. The van der Waals surface area contributed by atoms with E-state index in [2.05, 4.69) is 47.5 Å². The van der Waals surface area contributed by atoms with Crippen LogP contribution in [0.4, 0.5) is 0 Å². The molecule has 0 spiro atoms. The van der Waals surface area contributed by atoms with E-state index in [1.807, 2.05) is 78.2 Å². The van der Waals surface area contributed by atoms with E-state index in [0.29, 0.717) is 18.8 Å². The molecule has 1 aliphatic heterocycles. The minimum Gasteiger partial charge on any atom is -0.454 e. The topological polar surface area (TPSA) is 63.7 Å². The average molecular weight is 562 g/mol. The first-order chi connectivity index (χ1) is 20.1. The molecule has 41 heavy (non-hydrogen) atoms. The molecule has 2 heterocycles. The van der Waals surface area contributed by atoms with Gasteiger partial charge in [-0.1, -0.05) is 96.6 Å². The number of hydrogen-bond donors (Lipinski definition) is 1. The van der Waals surface area contributed by atoms with Crippen LogP contribution in [0.15, 0.2) is 109 Å².